The standard InChI is InChI=1S/C19H28N2O4/c1-19(2,14-6-10-16(25-3)11-7-14)12-20-18(24)21-15-8-4-13(5-9-15)17(22)23/h6-7,10-11,13,15H,4-5,8-9,12H2,1-3H3,(H,22,23)(H2,20,21,24). The zero-order chi connectivity index (χ0) is 18.4. The van der Waals surface area contributed by atoms with Crippen molar-refractivity contribution in [1.29, 1.82) is 0 Å². The van der Waals surface area contributed by atoms with Gasteiger partial charge in [0.1, 0.15) is 5.75 Å². The molecule has 0 spiro atoms. The maximum atomic E-state index is 12.1. The fraction of sp³-hybridized carbons (Fsp3) is 0.579. The lowest BCUT2D eigenvalue weighted by Crippen LogP contribution is -2.47. The van der Waals surface area contributed by atoms with Gasteiger partial charge in [-0.2, -0.15) is 0 Å². The first-order valence-corrected chi connectivity index (χ1v) is 8.73. The minimum atomic E-state index is -0.732. The van der Waals surface area contributed by atoms with E-state index in [1.807, 2.05) is 24.3 Å². The van der Waals surface area contributed by atoms with E-state index in [0.717, 1.165) is 11.3 Å². The van der Waals surface area contributed by atoms with Crippen LogP contribution < -0.4 is 15.4 Å². The van der Waals surface area contributed by atoms with Crippen molar-refractivity contribution < 1.29 is 19.4 Å². The average molecular weight is 348 g/mol. The first-order valence-electron chi connectivity index (χ1n) is 8.73. The Labute approximate surface area is 149 Å². The highest BCUT2D eigenvalue weighted by Crippen LogP contribution is 2.25. The molecule has 1 fully saturated rings. The summed E-state index contributed by atoms with van der Waals surface area (Å²) in [5.74, 6) is -0.193. The zero-order valence-corrected chi connectivity index (χ0v) is 15.2. The number of hydrogen-bond donors (Lipinski definition) is 3. The molecule has 0 bridgehead atoms. The van der Waals surface area contributed by atoms with Crippen LogP contribution in [0.2, 0.25) is 0 Å². The summed E-state index contributed by atoms with van der Waals surface area (Å²) >= 11 is 0. The molecular formula is C19H28N2O4. The van der Waals surface area contributed by atoms with Crippen molar-refractivity contribution in [3.8, 4) is 5.75 Å². The predicted octanol–water partition coefficient (Wildman–Crippen LogP) is 2.92. The summed E-state index contributed by atoms with van der Waals surface area (Å²) in [5.41, 5.74) is 0.917. The second-order valence-corrected chi connectivity index (χ2v) is 7.33. The number of urea groups is 1. The van der Waals surface area contributed by atoms with Gasteiger partial charge in [0.05, 0.1) is 13.0 Å². The lowest BCUT2D eigenvalue weighted by molar-refractivity contribution is -0.142. The lowest BCUT2D eigenvalue weighted by atomic mass is 9.84. The van der Waals surface area contributed by atoms with Crippen LogP contribution >= 0.6 is 0 Å². The number of carbonyl (C=O) groups is 2. The Balaban J connectivity index is 1.79. The Morgan fingerprint density at radius 2 is 1.76 bits per heavy atom. The SMILES string of the molecule is COc1ccc(C(C)(C)CNC(=O)NC2CCC(C(=O)O)CC2)cc1. The van der Waals surface area contributed by atoms with E-state index in [1.54, 1.807) is 7.11 Å². The molecule has 2 amide bonds. The van der Waals surface area contributed by atoms with Gasteiger partial charge in [0.15, 0.2) is 0 Å². The molecule has 6 nitrogen and oxygen atoms in total. The summed E-state index contributed by atoms with van der Waals surface area (Å²) in [6.45, 7) is 4.66. The molecule has 138 valence electrons. The van der Waals surface area contributed by atoms with Crippen molar-refractivity contribution in [1.82, 2.24) is 10.6 Å². The van der Waals surface area contributed by atoms with Crippen molar-refractivity contribution in [2.45, 2.75) is 51.0 Å². The Morgan fingerprint density at radius 3 is 2.28 bits per heavy atom. The van der Waals surface area contributed by atoms with Crippen molar-refractivity contribution in [3.05, 3.63) is 29.8 Å². The lowest BCUT2D eigenvalue weighted by Gasteiger charge is -2.29. The number of carbonyl (C=O) groups excluding carboxylic acids is 1. The molecule has 0 atom stereocenters. The third-order valence-electron chi connectivity index (χ3n) is 4.97. The molecule has 0 heterocycles. The molecular weight excluding hydrogens is 320 g/mol. The highest BCUT2D eigenvalue weighted by Gasteiger charge is 2.27. The maximum absolute atomic E-state index is 12.1. The molecule has 2 rings (SSSR count). The molecule has 1 aliphatic rings. The summed E-state index contributed by atoms with van der Waals surface area (Å²) in [5, 5.41) is 14.9. The van der Waals surface area contributed by atoms with Crippen LogP contribution in [-0.2, 0) is 10.2 Å². The van der Waals surface area contributed by atoms with Crippen molar-refractivity contribution in [2.75, 3.05) is 13.7 Å². The molecule has 0 aliphatic heterocycles. The summed E-state index contributed by atoms with van der Waals surface area (Å²) in [6.07, 6.45) is 2.67. The Hall–Kier alpha value is -2.24. The van der Waals surface area contributed by atoms with Gasteiger partial charge < -0.3 is 20.5 Å². The predicted molar refractivity (Wildman–Crippen MR) is 95.9 cm³/mol. The average Bonchev–Trinajstić information content (AvgIpc) is 2.60. The van der Waals surface area contributed by atoms with Crippen LogP contribution in [0.3, 0.4) is 0 Å². The smallest absolute Gasteiger partial charge is 0.315 e. The summed E-state index contributed by atoms with van der Waals surface area (Å²) < 4.78 is 5.17. The van der Waals surface area contributed by atoms with Crippen LogP contribution in [0.4, 0.5) is 4.79 Å². The van der Waals surface area contributed by atoms with Gasteiger partial charge in [-0.1, -0.05) is 26.0 Å². The molecule has 25 heavy (non-hydrogen) atoms. The molecule has 1 aromatic carbocycles. The number of aliphatic carboxylic acids is 1. The van der Waals surface area contributed by atoms with Crippen LogP contribution in [0.15, 0.2) is 24.3 Å². The van der Waals surface area contributed by atoms with Crippen molar-refractivity contribution in [3.63, 3.8) is 0 Å². The van der Waals surface area contributed by atoms with Crippen LogP contribution in [0.1, 0.15) is 45.1 Å². The summed E-state index contributed by atoms with van der Waals surface area (Å²) in [4.78, 5) is 23.1. The number of rotatable bonds is 6. The number of hydrogen-bond acceptors (Lipinski definition) is 3. The monoisotopic (exact) mass is 348 g/mol. The normalized spacial score (nSPS) is 20.6. The fourth-order valence-electron chi connectivity index (χ4n) is 3.17. The molecule has 0 aromatic heterocycles. The highest BCUT2D eigenvalue weighted by molar-refractivity contribution is 5.74. The second-order valence-electron chi connectivity index (χ2n) is 7.33. The summed E-state index contributed by atoms with van der Waals surface area (Å²) in [7, 11) is 1.63. The third kappa shape index (κ3) is 5.37. The van der Waals surface area contributed by atoms with E-state index in [2.05, 4.69) is 24.5 Å². The topological polar surface area (TPSA) is 87.7 Å². The number of methoxy groups -OCH3 is 1. The molecule has 0 radical (unpaired) electrons. The number of nitrogens with one attached hydrogen (secondary N) is 2. The first kappa shape index (κ1) is 19.1. The van der Waals surface area contributed by atoms with Gasteiger partial charge in [-0.3, -0.25) is 4.79 Å². The molecule has 0 unspecified atom stereocenters. The third-order valence-corrected chi connectivity index (χ3v) is 4.97. The van der Waals surface area contributed by atoms with Crippen LogP contribution in [0.25, 0.3) is 0 Å². The van der Waals surface area contributed by atoms with Gasteiger partial charge in [0.25, 0.3) is 0 Å². The van der Waals surface area contributed by atoms with Crippen LogP contribution in [-0.4, -0.2) is 36.8 Å². The second kappa shape index (κ2) is 8.23. The van der Waals surface area contributed by atoms with Crippen molar-refractivity contribution >= 4 is 12.0 Å². The Bertz CT molecular complexity index is 590. The molecule has 1 aliphatic carbocycles. The highest BCUT2D eigenvalue weighted by atomic mass is 16.5. The fourth-order valence-corrected chi connectivity index (χ4v) is 3.17. The van der Waals surface area contributed by atoms with E-state index in [-0.39, 0.29) is 23.4 Å². The number of amides is 2. The number of benzene rings is 1. The molecule has 3 N–H and O–H groups in total. The van der Waals surface area contributed by atoms with E-state index < -0.39 is 5.97 Å². The number of carboxylic acid groups (broad SMARTS) is 1. The van der Waals surface area contributed by atoms with E-state index in [0.29, 0.717) is 32.2 Å². The van der Waals surface area contributed by atoms with Gasteiger partial charge in [-0.05, 0) is 43.4 Å². The van der Waals surface area contributed by atoms with Crippen LogP contribution in [0, 0.1) is 5.92 Å². The largest absolute Gasteiger partial charge is 0.497 e. The van der Waals surface area contributed by atoms with E-state index >= 15 is 0 Å². The summed E-state index contributed by atoms with van der Waals surface area (Å²) in [6, 6.07) is 7.70. The van der Waals surface area contributed by atoms with Crippen molar-refractivity contribution in [2.24, 2.45) is 5.92 Å². The van der Waals surface area contributed by atoms with Gasteiger partial charge in [-0.25, -0.2) is 4.79 Å². The first-order chi connectivity index (χ1) is 11.8. The van der Waals surface area contributed by atoms with Gasteiger partial charge >= 0.3 is 12.0 Å². The molecule has 6 heteroatoms. The Kier molecular flexibility index (Phi) is 6.28. The van der Waals surface area contributed by atoms with Crippen LogP contribution in [0.5, 0.6) is 5.75 Å². The Morgan fingerprint density at radius 1 is 1.16 bits per heavy atom. The molecule has 0 saturated heterocycles. The van der Waals surface area contributed by atoms with E-state index in [9.17, 15) is 9.59 Å². The number of carboxylic acids is 1. The van der Waals surface area contributed by atoms with Gasteiger partial charge in [0, 0.05) is 18.0 Å². The van der Waals surface area contributed by atoms with E-state index in [1.165, 1.54) is 0 Å². The number of ether oxygens (including phenoxy) is 1. The zero-order valence-electron chi connectivity index (χ0n) is 15.2. The molecule has 1 saturated carbocycles. The van der Waals surface area contributed by atoms with Gasteiger partial charge in [-0.15, -0.1) is 0 Å². The minimum absolute atomic E-state index is 0.0553. The van der Waals surface area contributed by atoms with Gasteiger partial charge in [0.2, 0.25) is 0 Å². The minimum Gasteiger partial charge on any atom is -0.497 e. The van der Waals surface area contributed by atoms with E-state index in [4.69, 9.17) is 9.84 Å². The quantitative estimate of drug-likeness (QED) is 0.737. The molecule has 1 aromatic rings. The maximum Gasteiger partial charge on any atom is 0.315 e.